The highest BCUT2D eigenvalue weighted by Crippen LogP contribution is 1.96. The Bertz CT molecular complexity index is 198. The highest BCUT2D eigenvalue weighted by Gasteiger charge is 1.88. The van der Waals surface area contributed by atoms with Gasteiger partial charge in [0.2, 0.25) is 0 Å². The second-order valence-electron chi connectivity index (χ2n) is 1.40. The van der Waals surface area contributed by atoms with Gasteiger partial charge in [0.1, 0.15) is 11.5 Å². The summed E-state index contributed by atoms with van der Waals surface area (Å²) in [6.07, 6.45) is 2.93. The Morgan fingerprint density at radius 2 is 2.67 bits per heavy atom. The molecule has 4 nitrogen and oxygen atoms in total. The second kappa shape index (κ2) is 2.50. The van der Waals surface area contributed by atoms with E-state index in [0.29, 0.717) is 5.82 Å². The van der Waals surface area contributed by atoms with Gasteiger partial charge in [0.15, 0.2) is 5.82 Å². The molecule has 0 saturated carbocycles. The van der Waals surface area contributed by atoms with E-state index in [-0.39, 0.29) is 5.16 Å². The van der Waals surface area contributed by atoms with Crippen LogP contribution >= 0.6 is 11.6 Å². The highest BCUT2D eigenvalue weighted by atomic mass is 35.5. The summed E-state index contributed by atoms with van der Waals surface area (Å²) in [7, 11) is 0. The van der Waals surface area contributed by atoms with Crippen LogP contribution in [0.4, 0.5) is 0 Å². The summed E-state index contributed by atoms with van der Waals surface area (Å²) in [5.41, 5.74) is 5.12. The quantitative estimate of drug-likeness (QED) is 0.557. The summed E-state index contributed by atoms with van der Waals surface area (Å²) in [6, 6.07) is 0. The van der Waals surface area contributed by atoms with Crippen molar-refractivity contribution in [2.45, 2.75) is 0 Å². The first kappa shape index (κ1) is 6.10. The molecule has 0 aliphatic rings. The Balaban J connectivity index is 2.80. The van der Waals surface area contributed by atoms with Crippen molar-refractivity contribution in [2.75, 3.05) is 0 Å². The summed E-state index contributed by atoms with van der Waals surface area (Å²) in [5.74, 6) is 0.558. The minimum atomic E-state index is 0.187. The third kappa shape index (κ3) is 1.73. The predicted molar refractivity (Wildman–Crippen MR) is 34.4 cm³/mol. The van der Waals surface area contributed by atoms with Crippen molar-refractivity contribution < 1.29 is 0 Å². The standard InChI is InChI=1S/C4H5ClN4/c5-3(6)1-4-7-2-8-9-4/h1-2H,6H2,(H,7,8,9)/b3-1-. The van der Waals surface area contributed by atoms with Gasteiger partial charge >= 0.3 is 0 Å². The maximum Gasteiger partial charge on any atom is 0.156 e. The molecule has 1 rings (SSSR count). The monoisotopic (exact) mass is 144 g/mol. The van der Waals surface area contributed by atoms with Crippen molar-refractivity contribution in [3.8, 4) is 0 Å². The Morgan fingerprint density at radius 1 is 1.89 bits per heavy atom. The van der Waals surface area contributed by atoms with Crippen molar-refractivity contribution in [3.63, 3.8) is 0 Å². The normalized spacial score (nSPS) is 11.9. The van der Waals surface area contributed by atoms with Crippen molar-refractivity contribution in [3.05, 3.63) is 17.3 Å². The van der Waals surface area contributed by atoms with E-state index in [2.05, 4.69) is 15.2 Å². The Morgan fingerprint density at radius 3 is 3.11 bits per heavy atom. The van der Waals surface area contributed by atoms with Crippen LogP contribution in [0.3, 0.4) is 0 Å². The van der Waals surface area contributed by atoms with Crippen LogP contribution in [-0.2, 0) is 0 Å². The SMILES string of the molecule is N/C(Cl)=C\c1nnc[nH]1. The van der Waals surface area contributed by atoms with Crippen molar-refractivity contribution >= 4 is 17.7 Å². The lowest BCUT2D eigenvalue weighted by Gasteiger charge is -1.81. The van der Waals surface area contributed by atoms with Crippen LogP contribution in [0.5, 0.6) is 0 Å². The molecule has 0 atom stereocenters. The van der Waals surface area contributed by atoms with Gasteiger partial charge in [-0.15, -0.1) is 10.2 Å². The van der Waals surface area contributed by atoms with E-state index in [1.807, 2.05) is 0 Å². The summed E-state index contributed by atoms with van der Waals surface area (Å²) in [4.78, 5) is 2.71. The molecule has 0 aromatic carbocycles. The van der Waals surface area contributed by atoms with Crippen molar-refractivity contribution in [1.29, 1.82) is 0 Å². The first-order chi connectivity index (χ1) is 4.29. The van der Waals surface area contributed by atoms with E-state index >= 15 is 0 Å². The number of halogens is 1. The number of nitrogens with zero attached hydrogens (tertiary/aromatic N) is 2. The van der Waals surface area contributed by atoms with Gasteiger partial charge in [0, 0.05) is 6.08 Å². The fourth-order valence-corrected chi connectivity index (χ4v) is 0.519. The van der Waals surface area contributed by atoms with Crippen LogP contribution in [0.1, 0.15) is 5.82 Å². The van der Waals surface area contributed by atoms with E-state index in [4.69, 9.17) is 17.3 Å². The minimum Gasteiger partial charge on any atom is -0.389 e. The maximum absolute atomic E-state index is 5.32. The fraction of sp³-hybridized carbons (Fsp3) is 0. The molecular formula is C4H5ClN4. The lowest BCUT2D eigenvalue weighted by Crippen LogP contribution is -1.87. The number of hydrogen-bond acceptors (Lipinski definition) is 3. The zero-order valence-electron chi connectivity index (χ0n) is 4.50. The first-order valence-corrected chi connectivity index (χ1v) is 2.65. The van der Waals surface area contributed by atoms with Crippen molar-refractivity contribution in [2.24, 2.45) is 5.73 Å². The smallest absolute Gasteiger partial charge is 0.156 e. The molecule has 0 saturated heterocycles. The highest BCUT2D eigenvalue weighted by molar-refractivity contribution is 6.30. The summed E-state index contributed by atoms with van der Waals surface area (Å²) in [5, 5.41) is 7.31. The first-order valence-electron chi connectivity index (χ1n) is 2.28. The topological polar surface area (TPSA) is 67.6 Å². The zero-order chi connectivity index (χ0) is 6.69. The van der Waals surface area contributed by atoms with E-state index in [1.165, 1.54) is 12.4 Å². The minimum absolute atomic E-state index is 0.187. The molecule has 0 fully saturated rings. The number of aromatic amines is 1. The van der Waals surface area contributed by atoms with Crippen LogP contribution in [0, 0.1) is 0 Å². The molecule has 1 aromatic heterocycles. The molecule has 5 heteroatoms. The lowest BCUT2D eigenvalue weighted by atomic mass is 10.6. The zero-order valence-corrected chi connectivity index (χ0v) is 5.26. The van der Waals surface area contributed by atoms with Crippen LogP contribution in [-0.4, -0.2) is 15.2 Å². The van der Waals surface area contributed by atoms with Gasteiger partial charge < -0.3 is 10.7 Å². The number of H-pyrrole nitrogens is 1. The molecule has 0 amide bonds. The Kier molecular flexibility index (Phi) is 1.69. The molecule has 0 unspecified atom stereocenters. The van der Waals surface area contributed by atoms with E-state index < -0.39 is 0 Å². The van der Waals surface area contributed by atoms with Gasteiger partial charge in [-0.3, -0.25) is 0 Å². The molecule has 0 spiro atoms. The molecule has 0 aliphatic carbocycles. The third-order valence-electron chi connectivity index (χ3n) is 0.710. The number of nitrogens with two attached hydrogens (primary N) is 1. The predicted octanol–water partition coefficient (Wildman–Crippen LogP) is 0.301. The lowest BCUT2D eigenvalue weighted by molar-refractivity contribution is 1.08. The van der Waals surface area contributed by atoms with E-state index in [9.17, 15) is 0 Å². The Labute approximate surface area is 56.7 Å². The second-order valence-corrected chi connectivity index (χ2v) is 1.84. The summed E-state index contributed by atoms with van der Waals surface area (Å²) in [6.45, 7) is 0. The number of rotatable bonds is 1. The molecule has 9 heavy (non-hydrogen) atoms. The van der Waals surface area contributed by atoms with Gasteiger partial charge in [-0.1, -0.05) is 11.6 Å². The maximum atomic E-state index is 5.32. The van der Waals surface area contributed by atoms with Gasteiger partial charge in [-0.25, -0.2) is 0 Å². The molecule has 48 valence electrons. The fourth-order valence-electron chi connectivity index (χ4n) is 0.416. The average molecular weight is 145 g/mol. The largest absolute Gasteiger partial charge is 0.389 e. The number of hydrogen-bond donors (Lipinski definition) is 2. The van der Waals surface area contributed by atoms with Gasteiger partial charge in [0.25, 0.3) is 0 Å². The van der Waals surface area contributed by atoms with Crippen LogP contribution in [0.15, 0.2) is 11.5 Å². The number of aromatic nitrogens is 3. The number of nitrogens with one attached hydrogen (secondary N) is 1. The van der Waals surface area contributed by atoms with E-state index in [0.717, 1.165) is 0 Å². The van der Waals surface area contributed by atoms with Gasteiger partial charge in [0.05, 0.1) is 0 Å². The Hall–Kier alpha value is -1.03. The molecule has 1 aromatic rings. The average Bonchev–Trinajstić information content (AvgIpc) is 2.15. The summed E-state index contributed by atoms with van der Waals surface area (Å²) >= 11 is 5.32. The molecule has 0 bridgehead atoms. The van der Waals surface area contributed by atoms with Crippen molar-refractivity contribution in [1.82, 2.24) is 15.2 Å². The van der Waals surface area contributed by atoms with Crippen LogP contribution in [0.2, 0.25) is 0 Å². The molecule has 0 radical (unpaired) electrons. The molecule has 1 heterocycles. The van der Waals surface area contributed by atoms with E-state index in [1.54, 1.807) is 0 Å². The van der Waals surface area contributed by atoms with Gasteiger partial charge in [-0.05, 0) is 0 Å². The molecule has 0 aliphatic heterocycles. The molecular weight excluding hydrogens is 140 g/mol. The van der Waals surface area contributed by atoms with Crippen LogP contribution < -0.4 is 5.73 Å². The van der Waals surface area contributed by atoms with Crippen LogP contribution in [0.25, 0.3) is 6.08 Å². The molecule has 3 N–H and O–H groups in total. The summed E-state index contributed by atoms with van der Waals surface area (Å²) < 4.78 is 0. The third-order valence-corrected chi connectivity index (χ3v) is 0.819. The van der Waals surface area contributed by atoms with Gasteiger partial charge in [-0.2, -0.15) is 0 Å².